The van der Waals surface area contributed by atoms with Crippen LogP contribution in [0.2, 0.25) is 0 Å². The maximum Gasteiger partial charge on any atom is 0.265 e. The zero-order chi connectivity index (χ0) is 17.1. The van der Waals surface area contributed by atoms with Crippen LogP contribution in [-0.2, 0) is 10.0 Å². The van der Waals surface area contributed by atoms with Gasteiger partial charge >= 0.3 is 0 Å². The largest absolute Gasteiger partial charge is 0.341 e. The molecule has 8 heteroatoms. The monoisotopic (exact) mass is 347 g/mol. The third-order valence-electron chi connectivity index (χ3n) is 3.58. The fourth-order valence-corrected chi connectivity index (χ4v) is 4.09. The molecule has 0 aliphatic heterocycles. The van der Waals surface area contributed by atoms with Gasteiger partial charge in [-0.05, 0) is 23.8 Å². The summed E-state index contributed by atoms with van der Waals surface area (Å²) in [6, 6.07) is 1.49. The number of nitrogens with two attached hydrogens (primary N) is 1. The molecule has 0 aliphatic rings. The fourth-order valence-electron chi connectivity index (χ4n) is 1.80. The summed E-state index contributed by atoms with van der Waals surface area (Å²) in [7, 11) is 0.954. The minimum absolute atomic E-state index is 0.0172. The predicted octanol–water partition coefficient (Wildman–Crippen LogP) is 1.44. The van der Waals surface area contributed by atoms with Crippen LogP contribution in [0.1, 0.15) is 29.9 Å². The van der Waals surface area contributed by atoms with E-state index in [2.05, 4.69) is 0 Å². The van der Waals surface area contributed by atoms with Gasteiger partial charge in [-0.1, -0.05) is 13.8 Å². The predicted molar refractivity (Wildman–Crippen MR) is 89.6 cm³/mol. The Morgan fingerprint density at radius 1 is 1.32 bits per heavy atom. The standard InChI is InChI=1S/C14H25N3O3S2/c1-10(2)11(15)6-8-17(5)14(18)13-12(7-9-21-13)22(19,20)16(3)4/h7,9-11H,6,8,15H2,1-5H3. The highest BCUT2D eigenvalue weighted by atomic mass is 32.2. The van der Waals surface area contributed by atoms with Gasteiger partial charge < -0.3 is 10.6 Å². The number of hydrogen-bond acceptors (Lipinski definition) is 5. The molecule has 0 spiro atoms. The van der Waals surface area contributed by atoms with Crippen LogP contribution in [0.4, 0.5) is 0 Å². The Morgan fingerprint density at radius 2 is 1.91 bits per heavy atom. The molecule has 1 atom stereocenters. The zero-order valence-corrected chi connectivity index (χ0v) is 15.4. The zero-order valence-electron chi connectivity index (χ0n) is 13.7. The van der Waals surface area contributed by atoms with Crippen LogP contribution in [0.25, 0.3) is 0 Å². The van der Waals surface area contributed by atoms with E-state index in [0.29, 0.717) is 18.9 Å². The summed E-state index contributed by atoms with van der Waals surface area (Å²) in [4.78, 5) is 14.3. The second kappa shape index (κ2) is 7.54. The van der Waals surface area contributed by atoms with E-state index in [1.54, 1.807) is 12.4 Å². The van der Waals surface area contributed by atoms with E-state index in [1.165, 1.54) is 25.1 Å². The second-order valence-corrected chi connectivity index (χ2v) is 8.86. The van der Waals surface area contributed by atoms with Crippen LogP contribution in [0.3, 0.4) is 0 Å². The molecule has 0 fully saturated rings. The maximum absolute atomic E-state index is 12.5. The van der Waals surface area contributed by atoms with Gasteiger partial charge in [-0.3, -0.25) is 4.79 Å². The lowest BCUT2D eigenvalue weighted by molar-refractivity contribution is 0.0790. The molecule has 126 valence electrons. The van der Waals surface area contributed by atoms with E-state index in [0.717, 1.165) is 15.6 Å². The first-order chi connectivity index (χ1) is 10.1. The number of carbonyl (C=O) groups is 1. The number of thiophene rings is 1. The summed E-state index contributed by atoms with van der Waals surface area (Å²) >= 11 is 1.14. The van der Waals surface area contributed by atoms with Gasteiger partial charge in [0.05, 0.1) is 0 Å². The van der Waals surface area contributed by atoms with Crippen molar-refractivity contribution in [2.75, 3.05) is 27.7 Å². The number of sulfonamides is 1. The number of amides is 1. The maximum atomic E-state index is 12.5. The highest BCUT2D eigenvalue weighted by molar-refractivity contribution is 7.89. The van der Waals surface area contributed by atoms with Crippen molar-refractivity contribution in [1.29, 1.82) is 0 Å². The Bertz CT molecular complexity index is 609. The molecule has 0 bridgehead atoms. The van der Waals surface area contributed by atoms with E-state index in [1.807, 2.05) is 13.8 Å². The van der Waals surface area contributed by atoms with Crippen molar-refractivity contribution in [2.24, 2.45) is 11.7 Å². The van der Waals surface area contributed by atoms with Crippen molar-refractivity contribution in [1.82, 2.24) is 9.21 Å². The first kappa shape index (κ1) is 19.1. The van der Waals surface area contributed by atoms with Gasteiger partial charge in [0.15, 0.2) is 0 Å². The van der Waals surface area contributed by atoms with Crippen LogP contribution < -0.4 is 5.73 Å². The van der Waals surface area contributed by atoms with E-state index < -0.39 is 10.0 Å². The molecule has 0 radical (unpaired) electrons. The minimum Gasteiger partial charge on any atom is -0.341 e. The quantitative estimate of drug-likeness (QED) is 0.809. The molecule has 1 rings (SSSR count). The van der Waals surface area contributed by atoms with E-state index in [4.69, 9.17) is 5.73 Å². The van der Waals surface area contributed by atoms with Gasteiger partial charge in [-0.2, -0.15) is 0 Å². The van der Waals surface area contributed by atoms with Crippen molar-refractivity contribution in [3.63, 3.8) is 0 Å². The molecular formula is C14H25N3O3S2. The smallest absolute Gasteiger partial charge is 0.265 e. The Morgan fingerprint density at radius 3 is 2.41 bits per heavy atom. The van der Waals surface area contributed by atoms with Crippen molar-refractivity contribution < 1.29 is 13.2 Å². The molecule has 1 aromatic heterocycles. The fraction of sp³-hybridized carbons (Fsp3) is 0.643. The third-order valence-corrected chi connectivity index (χ3v) is 6.47. The van der Waals surface area contributed by atoms with E-state index in [-0.39, 0.29) is 21.7 Å². The lowest BCUT2D eigenvalue weighted by Gasteiger charge is -2.22. The highest BCUT2D eigenvalue weighted by Gasteiger charge is 2.27. The second-order valence-electron chi connectivity index (χ2n) is 5.82. The van der Waals surface area contributed by atoms with Gasteiger partial charge in [0.25, 0.3) is 5.91 Å². The lowest BCUT2D eigenvalue weighted by Crippen LogP contribution is -2.35. The Kier molecular flexibility index (Phi) is 6.54. The SMILES string of the molecule is CC(C)C(N)CCN(C)C(=O)c1sccc1S(=O)(=O)N(C)C. The summed E-state index contributed by atoms with van der Waals surface area (Å²) in [6.45, 7) is 4.57. The molecule has 2 N–H and O–H groups in total. The Balaban J connectivity index is 2.90. The molecule has 6 nitrogen and oxygen atoms in total. The molecule has 1 heterocycles. The van der Waals surface area contributed by atoms with Crippen molar-refractivity contribution in [2.45, 2.75) is 31.2 Å². The topological polar surface area (TPSA) is 83.7 Å². The Hall–Kier alpha value is -0.960. The molecule has 1 unspecified atom stereocenters. The molecular weight excluding hydrogens is 322 g/mol. The van der Waals surface area contributed by atoms with Gasteiger partial charge in [-0.25, -0.2) is 12.7 Å². The average molecular weight is 348 g/mol. The van der Waals surface area contributed by atoms with Crippen LogP contribution in [-0.4, -0.2) is 57.3 Å². The normalized spacial score (nSPS) is 13.6. The molecule has 0 aliphatic carbocycles. The van der Waals surface area contributed by atoms with Gasteiger partial charge in [-0.15, -0.1) is 11.3 Å². The van der Waals surface area contributed by atoms with Gasteiger partial charge in [0.1, 0.15) is 9.77 Å². The summed E-state index contributed by atoms with van der Waals surface area (Å²) in [5.74, 6) is 0.0568. The Labute approximate surface area is 137 Å². The van der Waals surface area contributed by atoms with Crippen molar-refractivity contribution in [3.05, 3.63) is 16.3 Å². The first-order valence-corrected chi connectivity index (χ1v) is 9.42. The molecule has 22 heavy (non-hydrogen) atoms. The van der Waals surface area contributed by atoms with E-state index >= 15 is 0 Å². The minimum atomic E-state index is -3.62. The van der Waals surface area contributed by atoms with Crippen LogP contribution >= 0.6 is 11.3 Å². The van der Waals surface area contributed by atoms with E-state index in [9.17, 15) is 13.2 Å². The number of rotatable bonds is 7. The average Bonchev–Trinajstić information content (AvgIpc) is 2.92. The first-order valence-electron chi connectivity index (χ1n) is 7.10. The van der Waals surface area contributed by atoms with Crippen molar-refractivity contribution >= 4 is 27.3 Å². The molecule has 0 aromatic carbocycles. The lowest BCUT2D eigenvalue weighted by atomic mass is 10.0. The summed E-state index contributed by atoms with van der Waals surface area (Å²) < 4.78 is 25.6. The molecule has 0 saturated carbocycles. The van der Waals surface area contributed by atoms with Gasteiger partial charge in [0, 0.05) is 33.7 Å². The summed E-state index contributed by atoms with van der Waals surface area (Å²) in [5.41, 5.74) is 5.98. The van der Waals surface area contributed by atoms with Crippen LogP contribution in [0.15, 0.2) is 16.3 Å². The third kappa shape index (κ3) is 4.28. The molecule has 1 amide bonds. The summed E-state index contributed by atoms with van der Waals surface area (Å²) in [6.07, 6.45) is 0.682. The number of nitrogens with zero attached hydrogens (tertiary/aromatic N) is 2. The molecule has 0 saturated heterocycles. The number of carbonyl (C=O) groups excluding carboxylic acids is 1. The van der Waals surface area contributed by atoms with Crippen LogP contribution in [0.5, 0.6) is 0 Å². The van der Waals surface area contributed by atoms with Crippen molar-refractivity contribution in [3.8, 4) is 0 Å². The number of hydrogen-bond donors (Lipinski definition) is 1. The van der Waals surface area contributed by atoms with Gasteiger partial charge in [0.2, 0.25) is 10.0 Å². The summed E-state index contributed by atoms with van der Waals surface area (Å²) in [5, 5.41) is 1.62. The van der Waals surface area contributed by atoms with Crippen LogP contribution in [0, 0.1) is 5.92 Å². The highest BCUT2D eigenvalue weighted by Crippen LogP contribution is 2.25. The molecule has 1 aromatic rings.